The van der Waals surface area contributed by atoms with E-state index in [1.54, 1.807) is 26.9 Å². The molecule has 0 saturated carbocycles. The molecule has 6 atom stereocenters. The zero-order chi connectivity index (χ0) is 35.6. The van der Waals surface area contributed by atoms with Gasteiger partial charge in [-0.3, -0.25) is 14.4 Å². The third-order valence-corrected chi connectivity index (χ3v) is 11.0. The highest BCUT2D eigenvalue weighted by Gasteiger charge is 2.80. The van der Waals surface area contributed by atoms with Crippen LogP contribution in [0.4, 0.5) is 11.4 Å². The van der Waals surface area contributed by atoms with Crippen molar-refractivity contribution in [3.63, 3.8) is 0 Å². The molecule has 9 heteroatoms. The summed E-state index contributed by atoms with van der Waals surface area (Å²) >= 11 is 0. The second-order valence-electron chi connectivity index (χ2n) is 14.0. The molecule has 0 radical (unpaired) electrons. The first-order chi connectivity index (χ1) is 24.1. The number of amides is 3. The summed E-state index contributed by atoms with van der Waals surface area (Å²) in [5.74, 6) is -1.79. The van der Waals surface area contributed by atoms with E-state index in [2.05, 4.69) is 20.1 Å². The zero-order valence-electron chi connectivity index (χ0n) is 29.4. The van der Waals surface area contributed by atoms with Gasteiger partial charge in [-0.1, -0.05) is 49.4 Å². The van der Waals surface area contributed by atoms with Crippen LogP contribution in [-0.2, 0) is 19.1 Å². The normalized spacial score (nSPS) is 26.6. The molecule has 6 rings (SSSR count). The molecule has 2 bridgehead atoms. The number of fused-ring (bicyclic) bond motifs is 2. The van der Waals surface area contributed by atoms with E-state index in [1.807, 2.05) is 80.6 Å². The second-order valence-corrected chi connectivity index (χ2v) is 14.0. The molecule has 3 aromatic carbocycles. The summed E-state index contributed by atoms with van der Waals surface area (Å²) in [6.45, 7) is 15.2. The molecule has 3 heterocycles. The van der Waals surface area contributed by atoms with Crippen molar-refractivity contribution in [2.75, 3.05) is 42.6 Å². The Labute approximate surface area is 295 Å². The zero-order valence-corrected chi connectivity index (χ0v) is 29.4. The van der Waals surface area contributed by atoms with Gasteiger partial charge in [0.05, 0.1) is 24.0 Å². The number of aliphatic hydroxyl groups is 1. The van der Waals surface area contributed by atoms with Gasteiger partial charge in [-0.2, -0.15) is 0 Å². The monoisotopic (exact) mass is 679 g/mol. The first-order valence-electron chi connectivity index (χ1n) is 17.8. The lowest BCUT2D eigenvalue weighted by molar-refractivity contribution is -0.145. The molecule has 3 aliphatic rings. The lowest BCUT2D eigenvalue weighted by atomic mass is 9.62. The summed E-state index contributed by atoms with van der Waals surface area (Å²) in [6, 6.07) is 20.3. The van der Waals surface area contributed by atoms with Gasteiger partial charge in [0.1, 0.15) is 17.4 Å². The smallest absolute Gasteiger partial charge is 0.253 e. The van der Waals surface area contributed by atoms with Crippen LogP contribution in [0.15, 0.2) is 92.0 Å². The van der Waals surface area contributed by atoms with Gasteiger partial charge < -0.3 is 29.3 Å². The number of likely N-dealkylation sites (tertiary alicyclic amines) is 1. The molecule has 264 valence electrons. The number of benzene rings is 3. The summed E-state index contributed by atoms with van der Waals surface area (Å²) in [5, 5.41) is 11.5. The number of carbonyl (C=O) groups excluding carboxylic acids is 3. The van der Waals surface area contributed by atoms with Gasteiger partial charge in [-0.05, 0) is 92.6 Å². The topological polar surface area (TPSA) is 99.6 Å². The summed E-state index contributed by atoms with van der Waals surface area (Å²) in [6.07, 6.45) is 5.74. The fourth-order valence-electron chi connectivity index (χ4n) is 8.66. The summed E-state index contributed by atoms with van der Waals surface area (Å²) < 4.78 is 12.7. The molecule has 1 spiro atoms. The molecule has 3 aliphatic heterocycles. The average Bonchev–Trinajstić information content (AvgIpc) is 3.63. The number of ether oxygens (including phenoxy) is 2. The standard InChI is InChI=1S/C41H49N3O6/c1-6-22-42(31-18-20-33(21-19-31)49-8-3)37(46)34-35-38(47)44(24-12-9-13-25-45)36(41(35)27-28(4)40(34,5)50-41)39(48)43(23-7-2)32-17-16-29-14-10-11-15-30(29)26-32/h6-7,10-11,14-21,26,28,34-36,45H,1-2,8-9,12-13,22-25,27H2,3-5H3/t28?,34-,35-,36?,40+,41?/m0/s1. The maximum absolute atomic E-state index is 15.1. The van der Waals surface area contributed by atoms with Gasteiger partial charge in [-0.25, -0.2) is 0 Å². The van der Waals surface area contributed by atoms with Crippen molar-refractivity contribution in [2.45, 2.75) is 63.7 Å². The molecule has 0 aromatic heterocycles. The van der Waals surface area contributed by atoms with Crippen LogP contribution in [0.2, 0.25) is 0 Å². The number of rotatable bonds is 15. The van der Waals surface area contributed by atoms with E-state index in [9.17, 15) is 14.7 Å². The van der Waals surface area contributed by atoms with Crippen molar-refractivity contribution in [3.8, 4) is 5.75 Å². The molecule has 1 N–H and O–H groups in total. The molecule has 50 heavy (non-hydrogen) atoms. The molecule has 3 unspecified atom stereocenters. The van der Waals surface area contributed by atoms with Crippen molar-refractivity contribution in [3.05, 3.63) is 92.0 Å². The van der Waals surface area contributed by atoms with Crippen molar-refractivity contribution in [1.82, 2.24) is 4.90 Å². The molecule has 0 aliphatic carbocycles. The summed E-state index contributed by atoms with van der Waals surface area (Å²) in [4.78, 5) is 49.9. The highest BCUT2D eigenvalue weighted by atomic mass is 16.5. The number of hydrogen-bond donors (Lipinski definition) is 1. The Morgan fingerprint density at radius 2 is 1.62 bits per heavy atom. The van der Waals surface area contributed by atoms with Gasteiger partial charge >= 0.3 is 0 Å². The Bertz CT molecular complexity index is 1760. The molecule has 3 fully saturated rings. The Kier molecular flexibility index (Phi) is 10.2. The lowest BCUT2D eigenvalue weighted by Gasteiger charge is -2.39. The SMILES string of the molecule is C=CCN(C(=O)C1N(CCCCCO)C(=O)[C@@H]2[C@@H](C(=O)N(CC=C)c3ccc(OCC)cc3)[C@]3(C)OC12CC3C)c1ccc2ccccc2c1. The van der Waals surface area contributed by atoms with Gasteiger partial charge in [0.2, 0.25) is 11.8 Å². The van der Waals surface area contributed by atoms with E-state index in [4.69, 9.17) is 9.47 Å². The van der Waals surface area contributed by atoms with Crippen molar-refractivity contribution in [1.29, 1.82) is 0 Å². The van der Waals surface area contributed by atoms with Gasteiger partial charge in [0.15, 0.2) is 0 Å². The Balaban J connectivity index is 1.42. The second kappa shape index (κ2) is 14.4. The number of aliphatic hydroxyl groups excluding tert-OH is 1. The predicted molar refractivity (Wildman–Crippen MR) is 196 cm³/mol. The molecule has 3 aromatic rings. The van der Waals surface area contributed by atoms with Crippen LogP contribution in [0.5, 0.6) is 5.75 Å². The number of anilines is 2. The van der Waals surface area contributed by atoms with Crippen LogP contribution in [0.25, 0.3) is 10.8 Å². The third-order valence-electron chi connectivity index (χ3n) is 11.0. The first kappa shape index (κ1) is 35.4. The van der Waals surface area contributed by atoms with Crippen LogP contribution in [0.1, 0.15) is 46.5 Å². The van der Waals surface area contributed by atoms with E-state index < -0.39 is 29.1 Å². The van der Waals surface area contributed by atoms with E-state index in [1.165, 1.54) is 0 Å². The minimum Gasteiger partial charge on any atom is -0.494 e. The largest absolute Gasteiger partial charge is 0.494 e. The Morgan fingerprint density at radius 3 is 2.28 bits per heavy atom. The van der Waals surface area contributed by atoms with Crippen LogP contribution in [0, 0.1) is 17.8 Å². The molecule has 3 saturated heterocycles. The summed E-state index contributed by atoms with van der Waals surface area (Å²) in [5.41, 5.74) is -0.809. The molecule has 9 nitrogen and oxygen atoms in total. The van der Waals surface area contributed by atoms with Gasteiger partial charge in [0.25, 0.3) is 5.91 Å². The highest BCUT2D eigenvalue weighted by Crippen LogP contribution is 2.65. The first-order valence-corrected chi connectivity index (χ1v) is 17.8. The molecular formula is C41H49N3O6. The summed E-state index contributed by atoms with van der Waals surface area (Å²) in [7, 11) is 0. The van der Waals surface area contributed by atoms with Crippen molar-refractivity contribution < 1.29 is 29.0 Å². The average molecular weight is 680 g/mol. The predicted octanol–water partition coefficient (Wildman–Crippen LogP) is 6.15. The highest BCUT2D eigenvalue weighted by molar-refractivity contribution is 6.07. The van der Waals surface area contributed by atoms with Crippen molar-refractivity contribution in [2.24, 2.45) is 17.8 Å². The van der Waals surface area contributed by atoms with Crippen LogP contribution >= 0.6 is 0 Å². The van der Waals surface area contributed by atoms with E-state index in [0.29, 0.717) is 56.0 Å². The minimum absolute atomic E-state index is 0.0538. The third kappa shape index (κ3) is 5.90. The van der Waals surface area contributed by atoms with Crippen LogP contribution in [-0.4, -0.2) is 77.8 Å². The van der Waals surface area contributed by atoms with Gasteiger partial charge in [-0.15, -0.1) is 13.2 Å². The maximum Gasteiger partial charge on any atom is 0.253 e. The fraction of sp³-hybridized carbons (Fsp3) is 0.439. The maximum atomic E-state index is 15.1. The number of unbranched alkanes of at least 4 members (excludes halogenated alkanes) is 2. The number of carbonyl (C=O) groups is 3. The van der Waals surface area contributed by atoms with Crippen molar-refractivity contribution >= 4 is 39.9 Å². The quantitative estimate of drug-likeness (QED) is 0.153. The number of nitrogens with zero attached hydrogens (tertiary/aromatic N) is 3. The van der Waals surface area contributed by atoms with Crippen LogP contribution < -0.4 is 14.5 Å². The van der Waals surface area contributed by atoms with E-state index >= 15 is 4.79 Å². The molecular weight excluding hydrogens is 630 g/mol. The Hall–Kier alpha value is -4.47. The number of hydrogen-bond acceptors (Lipinski definition) is 6. The van der Waals surface area contributed by atoms with Crippen LogP contribution in [0.3, 0.4) is 0 Å². The Morgan fingerprint density at radius 1 is 0.960 bits per heavy atom. The van der Waals surface area contributed by atoms with Gasteiger partial charge in [0, 0.05) is 37.6 Å². The van der Waals surface area contributed by atoms with E-state index in [-0.39, 0.29) is 43.3 Å². The molecule has 3 amide bonds. The fourth-order valence-corrected chi connectivity index (χ4v) is 8.66. The minimum atomic E-state index is -1.20. The van der Waals surface area contributed by atoms with E-state index in [0.717, 1.165) is 10.8 Å². The lowest BCUT2D eigenvalue weighted by Crippen LogP contribution is -2.57.